The SMILES string of the molecule is CCc1ccc(CNC(=NC)NCc2ccc(S(=O)(=O)N3CCCCC3)s2)s1.I. The number of hydrogen-bond donors (Lipinski definition) is 2. The van der Waals surface area contributed by atoms with E-state index in [4.69, 9.17) is 0 Å². The zero-order valence-electron chi connectivity index (χ0n) is 16.8. The average molecular weight is 569 g/mol. The minimum Gasteiger partial charge on any atom is -0.352 e. The number of piperidine rings is 1. The Kier molecular flexibility index (Phi) is 9.86. The Bertz CT molecular complexity index is 902. The monoisotopic (exact) mass is 568 g/mol. The first-order valence-electron chi connectivity index (χ1n) is 9.64. The molecule has 6 nitrogen and oxygen atoms in total. The molecule has 162 valence electrons. The van der Waals surface area contributed by atoms with Crippen molar-refractivity contribution in [2.24, 2.45) is 4.99 Å². The molecule has 0 bridgehead atoms. The molecule has 2 N–H and O–H groups in total. The van der Waals surface area contributed by atoms with Gasteiger partial charge in [0.25, 0.3) is 10.0 Å². The predicted molar refractivity (Wildman–Crippen MR) is 133 cm³/mol. The van der Waals surface area contributed by atoms with Gasteiger partial charge in [-0.05, 0) is 43.5 Å². The fourth-order valence-corrected chi connectivity index (χ4v) is 6.96. The van der Waals surface area contributed by atoms with Gasteiger partial charge in [-0.2, -0.15) is 4.31 Å². The van der Waals surface area contributed by atoms with Crippen molar-refractivity contribution in [3.8, 4) is 0 Å². The molecule has 1 fully saturated rings. The predicted octanol–water partition coefficient (Wildman–Crippen LogP) is 4.03. The van der Waals surface area contributed by atoms with Crippen LogP contribution >= 0.6 is 46.7 Å². The van der Waals surface area contributed by atoms with E-state index in [2.05, 4.69) is 34.7 Å². The number of halogens is 1. The normalized spacial score (nSPS) is 15.7. The highest BCUT2D eigenvalue weighted by molar-refractivity contribution is 14.0. The van der Waals surface area contributed by atoms with Crippen molar-refractivity contribution in [1.29, 1.82) is 0 Å². The molecule has 0 amide bonds. The fourth-order valence-electron chi connectivity index (χ4n) is 3.09. The molecule has 3 heterocycles. The highest BCUT2D eigenvalue weighted by atomic mass is 127. The highest BCUT2D eigenvalue weighted by Gasteiger charge is 2.27. The first-order valence-corrected chi connectivity index (χ1v) is 12.7. The third-order valence-corrected chi connectivity index (χ3v) is 9.38. The third-order valence-electron chi connectivity index (χ3n) is 4.70. The lowest BCUT2D eigenvalue weighted by atomic mass is 10.2. The Hall–Kier alpha value is -0.690. The number of sulfonamides is 1. The summed E-state index contributed by atoms with van der Waals surface area (Å²) in [6.45, 7) is 4.69. The van der Waals surface area contributed by atoms with Crippen LogP contribution in [0.2, 0.25) is 0 Å². The van der Waals surface area contributed by atoms with Crippen LogP contribution in [0, 0.1) is 0 Å². The largest absolute Gasteiger partial charge is 0.352 e. The smallest absolute Gasteiger partial charge is 0.252 e. The molecule has 2 aromatic heterocycles. The van der Waals surface area contributed by atoms with Crippen molar-refractivity contribution in [2.75, 3.05) is 20.1 Å². The number of nitrogens with zero attached hydrogens (tertiary/aromatic N) is 2. The quantitative estimate of drug-likeness (QED) is 0.301. The zero-order valence-corrected chi connectivity index (χ0v) is 21.6. The summed E-state index contributed by atoms with van der Waals surface area (Å²) in [5.41, 5.74) is 0. The van der Waals surface area contributed by atoms with E-state index in [0.29, 0.717) is 29.8 Å². The van der Waals surface area contributed by atoms with E-state index in [1.54, 1.807) is 28.8 Å². The summed E-state index contributed by atoms with van der Waals surface area (Å²) in [6, 6.07) is 7.91. The van der Waals surface area contributed by atoms with Gasteiger partial charge in [0.05, 0.1) is 13.1 Å². The number of thiophene rings is 2. The first kappa shape index (κ1) is 24.6. The molecule has 0 unspecified atom stereocenters. The van der Waals surface area contributed by atoms with Crippen LogP contribution in [0.15, 0.2) is 33.5 Å². The highest BCUT2D eigenvalue weighted by Crippen LogP contribution is 2.27. The Labute approximate surface area is 198 Å². The summed E-state index contributed by atoms with van der Waals surface area (Å²) >= 11 is 3.14. The second kappa shape index (κ2) is 11.6. The van der Waals surface area contributed by atoms with Crippen LogP contribution in [0.25, 0.3) is 0 Å². The van der Waals surface area contributed by atoms with Gasteiger partial charge in [-0.25, -0.2) is 8.42 Å². The van der Waals surface area contributed by atoms with Gasteiger partial charge in [-0.1, -0.05) is 13.3 Å². The van der Waals surface area contributed by atoms with Crippen LogP contribution in [0.1, 0.15) is 40.8 Å². The molecule has 1 saturated heterocycles. The van der Waals surface area contributed by atoms with Crippen molar-refractivity contribution in [3.05, 3.63) is 38.9 Å². The van der Waals surface area contributed by atoms with Crippen molar-refractivity contribution in [1.82, 2.24) is 14.9 Å². The lowest BCUT2D eigenvalue weighted by molar-refractivity contribution is 0.347. The summed E-state index contributed by atoms with van der Waals surface area (Å²) in [6.07, 6.45) is 4.07. The summed E-state index contributed by atoms with van der Waals surface area (Å²) in [5, 5.41) is 6.58. The van der Waals surface area contributed by atoms with Gasteiger partial charge in [-0.15, -0.1) is 46.7 Å². The van der Waals surface area contributed by atoms with E-state index >= 15 is 0 Å². The number of nitrogens with one attached hydrogen (secondary N) is 2. The van der Waals surface area contributed by atoms with Gasteiger partial charge in [-0.3, -0.25) is 4.99 Å². The second-order valence-electron chi connectivity index (χ2n) is 6.69. The molecule has 0 aromatic carbocycles. The van der Waals surface area contributed by atoms with Crippen molar-refractivity contribution >= 4 is 62.6 Å². The summed E-state index contributed by atoms with van der Waals surface area (Å²) in [5.74, 6) is 0.709. The van der Waals surface area contributed by atoms with Gasteiger partial charge in [0, 0.05) is 34.8 Å². The molecule has 1 aliphatic heterocycles. The van der Waals surface area contributed by atoms with Crippen molar-refractivity contribution in [2.45, 2.75) is 49.9 Å². The molecule has 29 heavy (non-hydrogen) atoms. The fraction of sp³-hybridized carbons (Fsp3) is 0.526. The van der Waals surface area contributed by atoms with E-state index < -0.39 is 10.0 Å². The van der Waals surface area contributed by atoms with Crippen molar-refractivity contribution < 1.29 is 8.42 Å². The lowest BCUT2D eigenvalue weighted by Gasteiger charge is -2.25. The number of aliphatic imine (C=N–C) groups is 1. The molecule has 0 radical (unpaired) electrons. The molecule has 3 rings (SSSR count). The van der Waals surface area contributed by atoms with Crippen molar-refractivity contribution in [3.63, 3.8) is 0 Å². The maximum atomic E-state index is 12.8. The minimum absolute atomic E-state index is 0. The molecular formula is C19H29IN4O2S3. The lowest BCUT2D eigenvalue weighted by Crippen LogP contribution is -2.36. The van der Waals surface area contributed by atoms with Crippen LogP contribution in [0.5, 0.6) is 0 Å². The topological polar surface area (TPSA) is 73.8 Å². The van der Waals surface area contributed by atoms with Gasteiger partial charge in [0.1, 0.15) is 4.21 Å². The van der Waals surface area contributed by atoms with Gasteiger partial charge in [0.2, 0.25) is 0 Å². The van der Waals surface area contributed by atoms with E-state index in [1.807, 2.05) is 6.07 Å². The van der Waals surface area contributed by atoms with Gasteiger partial charge in [0.15, 0.2) is 5.96 Å². The van der Waals surface area contributed by atoms with Crippen LogP contribution in [-0.4, -0.2) is 38.8 Å². The van der Waals surface area contributed by atoms with E-state index in [-0.39, 0.29) is 24.0 Å². The molecule has 0 spiro atoms. The molecule has 10 heteroatoms. The Morgan fingerprint density at radius 1 is 1.00 bits per heavy atom. The Morgan fingerprint density at radius 2 is 1.59 bits per heavy atom. The molecule has 0 atom stereocenters. The number of rotatable bonds is 7. The maximum Gasteiger partial charge on any atom is 0.252 e. The Morgan fingerprint density at radius 3 is 2.17 bits per heavy atom. The molecule has 1 aliphatic rings. The minimum atomic E-state index is -3.35. The average Bonchev–Trinajstić information content (AvgIpc) is 3.38. The maximum absolute atomic E-state index is 12.8. The standard InChI is InChI=1S/C19H28N4O2S3.HI/c1-3-15-7-8-16(26-15)13-21-19(20-2)22-14-17-9-10-18(27-17)28(24,25)23-11-5-4-6-12-23;/h7-10H,3-6,11-14H2,1-2H3,(H2,20,21,22);1H. The molecule has 0 saturated carbocycles. The third kappa shape index (κ3) is 6.65. The van der Waals surface area contributed by atoms with Crippen LogP contribution in [-0.2, 0) is 29.5 Å². The zero-order chi connectivity index (χ0) is 20.0. The molecule has 0 aliphatic carbocycles. The molecule has 2 aromatic rings. The second-order valence-corrected chi connectivity index (χ2v) is 11.3. The van der Waals surface area contributed by atoms with Crippen LogP contribution in [0.4, 0.5) is 0 Å². The van der Waals surface area contributed by atoms with Crippen LogP contribution in [0.3, 0.4) is 0 Å². The summed E-state index contributed by atoms with van der Waals surface area (Å²) in [7, 11) is -1.61. The van der Waals surface area contributed by atoms with E-state index in [9.17, 15) is 8.42 Å². The Balaban J connectivity index is 0.00000300. The van der Waals surface area contributed by atoms with E-state index in [1.165, 1.54) is 21.1 Å². The van der Waals surface area contributed by atoms with E-state index in [0.717, 1.165) is 37.1 Å². The summed E-state index contributed by atoms with van der Waals surface area (Å²) < 4.78 is 27.6. The number of aryl methyl sites for hydroxylation is 1. The molecular weight excluding hydrogens is 539 g/mol. The number of hydrogen-bond acceptors (Lipinski definition) is 5. The van der Waals surface area contributed by atoms with Gasteiger partial charge < -0.3 is 10.6 Å². The van der Waals surface area contributed by atoms with Crippen LogP contribution < -0.4 is 10.6 Å². The first-order chi connectivity index (χ1) is 13.5. The summed E-state index contributed by atoms with van der Waals surface area (Å²) in [4.78, 5) is 7.87. The van der Waals surface area contributed by atoms with Gasteiger partial charge >= 0.3 is 0 Å². The number of guanidine groups is 1.